The van der Waals surface area contributed by atoms with Crippen molar-refractivity contribution in [3.63, 3.8) is 0 Å². The minimum atomic E-state index is -0.551. The van der Waals surface area contributed by atoms with Gasteiger partial charge in [0.2, 0.25) is 5.91 Å². The molecule has 1 amide bonds. The lowest BCUT2D eigenvalue weighted by Crippen LogP contribution is -2.56. The van der Waals surface area contributed by atoms with Gasteiger partial charge in [0.25, 0.3) is 0 Å². The number of aliphatic hydroxyl groups is 1. The highest BCUT2D eigenvalue weighted by Crippen LogP contribution is 2.14. The van der Waals surface area contributed by atoms with Gasteiger partial charge in [0.15, 0.2) is 0 Å². The molecule has 6 heteroatoms. The Balaban J connectivity index is 1.99. The summed E-state index contributed by atoms with van der Waals surface area (Å²) in [5, 5.41) is 15.4. The minimum Gasteiger partial charge on any atom is -0.394 e. The zero-order valence-corrected chi connectivity index (χ0v) is 10.8. The largest absolute Gasteiger partial charge is 0.394 e. The molecule has 0 aromatic carbocycles. The van der Waals surface area contributed by atoms with Gasteiger partial charge in [-0.25, -0.2) is 4.98 Å². The summed E-state index contributed by atoms with van der Waals surface area (Å²) in [7, 11) is 0. The van der Waals surface area contributed by atoms with Crippen LogP contribution in [0.25, 0.3) is 0 Å². The fourth-order valence-corrected chi connectivity index (χ4v) is 1.98. The summed E-state index contributed by atoms with van der Waals surface area (Å²) in [4.78, 5) is 19.4. The van der Waals surface area contributed by atoms with Crippen LogP contribution in [-0.4, -0.2) is 39.2 Å². The molecule has 0 saturated carbocycles. The van der Waals surface area contributed by atoms with Crippen molar-refractivity contribution in [1.29, 1.82) is 0 Å². The highest BCUT2D eigenvalue weighted by molar-refractivity contribution is 5.83. The minimum absolute atomic E-state index is 0.0599. The first-order valence-electron chi connectivity index (χ1n) is 6.25. The molecule has 1 aromatic rings. The van der Waals surface area contributed by atoms with E-state index in [0.29, 0.717) is 19.4 Å². The van der Waals surface area contributed by atoms with Gasteiger partial charge in [0.05, 0.1) is 35.9 Å². The number of aliphatic hydroxyl groups excluding tert-OH is 1. The van der Waals surface area contributed by atoms with Crippen LogP contribution < -0.4 is 10.6 Å². The van der Waals surface area contributed by atoms with Crippen molar-refractivity contribution in [2.45, 2.75) is 44.8 Å². The Morgan fingerprint density at radius 2 is 2.50 bits per heavy atom. The second kappa shape index (κ2) is 5.07. The predicted octanol–water partition coefficient (Wildman–Crippen LogP) is -0.299. The Kier molecular flexibility index (Phi) is 3.68. The molecule has 18 heavy (non-hydrogen) atoms. The van der Waals surface area contributed by atoms with Crippen LogP contribution in [0.2, 0.25) is 0 Å². The summed E-state index contributed by atoms with van der Waals surface area (Å²) >= 11 is 0. The number of aromatic nitrogens is 2. The number of nitrogens with one attached hydrogen (secondary N) is 3. The van der Waals surface area contributed by atoms with E-state index in [1.165, 1.54) is 0 Å². The lowest BCUT2D eigenvalue weighted by molar-refractivity contribution is -0.125. The normalized spacial score (nSPS) is 22.1. The maximum absolute atomic E-state index is 12.1. The Bertz CT molecular complexity index is 425. The summed E-state index contributed by atoms with van der Waals surface area (Å²) in [5.41, 5.74) is 1.43. The zero-order chi connectivity index (χ0) is 13.2. The quantitative estimate of drug-likeness (QED) is 0.592. The fraction of sp³-hybridized carbons (Fsp3) is 0.667. The molecule has 6 nitrogen and oxygen atoms in total. The van der Waals surface area contributed by atoms with Gasteiger partial charge in [0.1, 0.15) is 0 Å². The van der Waals surface area contributed by atoms with E-state index in [9.17, 15) is 9.90 Å². The molecule has 4 N–H and O–H groups in total. The van der Waals surface area contributed by atoms with Crippen LogP contribution in [0.5, 0.6) is 0 Å². The SMILES string of the molecule is CCC(C)(CO)NC(=O)C1Cc2nc[nH]c2CN1. The van der Waals surface area contributed by atoms with Gasteiger partial charge in [-0.15, -0.1) is 0 Å². The van der Waals surface area contributed by atoms with Gasteiger partial charge in [-0.05, 0) is 13.3 Å². The van der Waals surface area contributed by atoms with E-state index in [1.54, 1.807) is 6.33 Å². The van der Waals surface area contributed by atoms with Crippen molar-refractivity contribution < 1.29 is 9.90 Å². The number of hydrogen-bond acceptors (Lipinski definition) is 4. The van der Waals surface area contributed by atoms with Crippen LogP contribution in [-0.2, 0) is 17.8 Å². The number of rotatable bonds is 4. The Morgan fingerprint density at radius 3 is 3.17 bits per heavy atom. The third-order valence-electron chi connectivity index (χ3n) is 3.60. The Hall–Kier alpha value is -1.40. The monoisotopic (exact) mass is 252 g/mol. The number of carbonyl (C=O) groups is 1. The van der Waals surface area contributed by atoms with E-state index in [2.05, 4.69) is 20.6 Å². The number of amides is 1. The maximum atomic E-state index is 12.1. The van der Waals surface area contributed by atoms with E-state index in [0.717, 1.165) is 11.4 Å². The zero-order valence-electron chi connectivity index (χ0n) is 10.8. The van der Waals surface area contributed by atoms with Crippen LogP contribution in [0.1, 0.15) is 31.7 Å². The number of fused-ring (bicyclic) bond motifs is 1. The van der Waals surface area contributed by atoms with E-state index in [4.69, 9.17) is 0 Å². The second-order valence-corrected chi connectivity index (χ2v) is 5.03. The van der Waals surface area contributed by atoms with Gasteiger partial charge < -0.3 is 15.4 Å². The number of carbonyl (C=O) groups excluding carboxylic acids is 1. The van der Waals surface area contributed by atoms with Crippen LogP contribution in [0, 0.1) is 0 Å². The first kappa shape index (κ1) is 13.0. The predicted molar refractivity (Wildman–Crippen MR) is 66.8 cm³/mol. The van der Waals surface area contributed by atoms with Crippen LogP contribution >= 0.6 is 0 Å². The molecule has 0 aliphatic carbocycles. The topological polar surface area (TPSA) is 90.0 Å². The molecule has 0 spiro atoms. The smallest absolute Gasteiger partial charge is 0.238 e. The lowest BCUT2D eigenvalue weighted by Gasteiger charge is -2.31. The third-order valence-corrected chi connectivity index (χ3v) is 3.60. The summed E-state index contributed by atoms with van der Waals surface area (Å²) in [6, 6.07) is -0.279. The number of imidazole rings is 1. The standard InChI is InChI=1S/C12H20N4O2/c1-3-12(2,6-17)16-11(18)9-4-8-10(5-13-9)15-7-14-8/h7,9,13,17H,3-6H2,1-2H3,(H,14,15)(H,16,18). The third kappa shape index (κ3) is 2.54. The number of aromatic amines is 1. The molecule has 0 bridgehead atoms. The van der Waals surface area contributed by atoms with E-state index in [1.807, 2.05) is 13.8 Å². The van der Waals surface area contributed by atoms with Gasteiger partial charge >= 0.3 is 0 Å². The van der Waals surface area contributed by atoms with Gasteiger partial charge in [-0.1, -0.05) is 6.92 Å². The summed E-state index contributed by atoms with van der Waals surface area (Å²) in [6.07, 6.45) is 2.92. The highest BCUT2D eigenvalue weighted by atomic mass is 16.3. The second-order valence-electron chi connectivity index (χ2n) is 5.03. The molecular formula is C12H20N4O2. The van der Waals surface area contributed by atoms with E-state index >= 15 is 0 Å². The molecule has 2 rings (SSSR count). The Labute approximate surface area is 106 Å². The van der Waals surface area contributed by atoms with Crippen molar-refractivity contribution in [3.05, 3.63) is 17.7 Å². The molecular weight excluding hydrogens is 232 g/mol. The van der Waals surface area contributed by atoms with Crippen molar-refractivity contribution in [3.8, 4) is 0 Å². The molecule has 1 aromatic heterocycles. The molecule has 0 fully saturated rings. The van der Waals surface area contributed by atoms with Gasteiger partial charge in [-0.3, -0.25) is 10.1 Å². The molecule has 100 valence electrons. The molecule has 0 radical (unpaired) electrons. The molecule has 2 heterocycles. The van der Waals surface area contributed by atoms with Gasteiger partial charge in [0, 0.05) is 13.0 Å². The number of hydrogen-bond donors (Lipinski definition) is 4. The fourth-order valence-electron chi connectivity index (χ4n) is 1.98. The first-order valence-corrected chi connectivity index (χ1v) is 6.25. The molecule has 0 saturated heterocycles. The van der Waals surface area contributed by atoms with Crippen molar-refractivity contribution in [1.82, 2.24) is 20.6 Å². The average Bonchev–Trinajstić information content (AvgIpc) is 2.85. The highest BCUT2D eigenvalue weighted by Gasteiger charge is 2.30. The van der Waals surface area contributed by atoms with Crippen LogP contribution in [0.15, 0.2) is 6.33 Å². The van der Waals surface area contributed by atoms with Crippen LogP contribution in [0.3, 0.4) is 0 Å². The molecule has 2 atom stereocenters. The van der Waals surface area contributed by atoms with Crippen molar-refractivity contribution in [2.75, 3.05) is 6.61 Å². The number of nitrogens with zero attached hydrogens (tertiary/aromatic N) is 1. The van der Waals surface area contributed by atoms with Crippen LogP contribution in [0.4, 0.5) is 0 Å². The summed E-state index contributed by atoms with van der Waals surface area (Å²) in [5.74, 6) is -0.0814. The molecule has 2 unspecified atom stereocenters. The molecule has 1 aliphatic heterocycles. The summed E-state index contributed by atoms with van der Waals surface area (Å²) < 4.78 is 0. The molecule has 1 aliphatic rings. The first-order chi connectivity index (χ1) is 8.58. The van der Waals surface area contributed by atoms with E-state index < -0.39 is 5.54 Å². The Morgan fingerprint density at radius 1 is 1.72 bits per heavy atom. The number of H-pyrrole nitrogens is 1. The maximum Gasteiger partial charge on any atom is 0.238 e. The van der Waals surface area contributed by atoms with E-state index in [-0.39, 0.29) is 18.6 Å². The van der Waals surface area contributed by atoms with Crippen molar-refractivity contribution in [2.24, 2.45) is 0 Å². The van der Waals surface area contributed by atoms with Gasteiger partial charge in [-0.2, -0.15) is 0 Å². The lowest BCUT2D eigenvalue weighted by atomic mass is 9.98. The average molecular weight is 252 g/mol. The van der Waals surface area contributed by atoms with Crippen molar-refractivity contribution >= 4 is 5.91 Å². The summed E-state index contributed by atoms with van der Waals surface area (Å²) in [6.45, 7) is 4.34.